The molecule has 0 radical (unpaired) electrons. The molecule has 0 aliphatic carbocycles. The van der Waals surface area contributed by atoms with Crippen molar-refractivity contribution in [3.8, 4) is 16.9 Å². The number of hydrogen-bond donors (Lipinski definition) is 0. The van der Waals surface area contributed by atoms with Crippen LogP contribution in [0.15, 0.2) is 78.9 Å². The number of ketones is 1. The van der Waals surface area contributed by atoms with Gasteiger partial charge in [0, 0.05) is 5.56 Å². The van der Waals surface area contributed by atoms with Crippen LogP contribution in [-0.2, 0) is 0 Å². The number of Topliss-reactive ketones (excluding diaryl/α,β-unsaturated/α-hetero) is 1. The Kier molecular flexibility index (Phi) is 4.76. The fourth-order valence-electron chi connectivity index (χ4n) is 2.57. The van der Waals surface area contributed by atoms with E-state index in [1.807, 2.05) is 73.7 Å². The molecule has 0 spiro atoms. The molecule has 0 fully saturated rings. The van der Waals surface area contributed by atoms with E-state index in [9.17, 15) is 4.79 Å². The average molecular weight is 316 g/mol. The van der Waals surface area contributed by atoms with Crippen molar-refractivity contribution in [3.63, 3.8) is 0 Å². The summed E-state index contributed by atoms with van der Waals surface area (Å²) in [5.41, 5.74) is 4.10. The summed E-state index contributed by atoms with van der Waals surface area (Å²) in [6.07, 6.45) is -0.518. The lowest BCUT2D eigenvalue weighted by Gasteiger charge is -2.14. The van der Waals surface area contributed by atoms with E-state index in [-0.39, 0.29) is 5.78 Å². The van der Waals surface area contributed by atoms with Crippen LogP contribution in [0.4, 0.5) is 0 Å². The van der Waals surface area contributed by atoms with Gasteiger partial charge in [0.2, 0.25) is 5.78 Å². The fourth-order valence-corrected chi connectivity index (χ4v) is 2.57. The predicted molar refractivity (Wildman–Crippen MR) is 97.5 cm³/mol. The highest BCUT2D eigenvalue weighted by molar-refractivity contribution is 5.99. The van der Waals surface area contributed by atoms with Gasteiger partial charge in [0.05, 0.1) is 0 Å². The SMILES string of the molecule is Cc1ccc(C(=O)C(C)Oc2ccc(-c3ccccc3)cc2)cc1. The van der Waals surface area contributed by atoms with Gasteiger partial charge >= 0.3 is 0 Å². The first kappa shape index (κ1) is 16.0. The second-order valence-corrected chi connectivity index (χ2v) is 5.88. The van der Waals surface area contributed by atoms with E-state index in [4.69, 9.17) is 4.74 Å². The molecule has 1 unspecified atom stereocenters. The molecule has 0 heterocycles. The summed E-state index contributed by atoms with van der Waals surface area (Å²) >= 11 is 0. The molecule has 3 aromatic carbocycles. The van der Waals surface area contributed by atoms with Crippen LogP contribution in [0.3, 0.4) is 0 Å². The minimum atomic E-state index is -0.518. The van der Waals surface area contributed by atoms with E-state index in [1.54, 1.807) is 6.92 Å². The zero-order valence-corrected chi connectivity index (χ0v) is 13.9. The van der Waals surface area contributed by atoms with E-state index in [0.29, 0.717) is 11.3 Å². The Balaban J connectivity index is 1.69. The zero-order chi connectivity index (χ0) is 16.9. The molecule has 0 aromatic heterocycles. The summed E-state index contributed by atoms with van der Waals surface area (Å²) in [6.45, 7) is 3.79. The first-order chi connectivity index (χ1) is 11.6. The van der Waals surface area contributed by atoms with Crippen LogP contribution in [0.25, 0.3) is 11.1 Å². The van der Waals surface area contributed by atoms with Gasteiger partial charge in [-0.3, -0.25) is 4.79 Å². The van der Waals surface area contributed by atoms with E-state index in [1.165, 1.54) is 0 Å². The molecule has 24 heavy (non-hydrogen) atoms. The van der Waals surface area contributed by atoms with Gasteiger partial charge < -0.3 is 4.74 Å². The minimum Gasteiger partial charge on any atom is -0.483 e. The van der Waals surface area contributed by atoms with Crippen LogP contribution in [0.1, 0.15) is 22.8 Å². The van der Waals surface area contributed by atoms with Crippen molar-refractivity contribution in [3.05, 3.63) is 90.0 Å². The number of carbonyl (C=O) groups excluding carboxylic acids is 1. The third-order valence-electron chi connectivity index (χ3n) is 3.98. The van der Waals surface area contributed by atoms with E-state index < -0.39 is 6.10 Å². The highest BCUT2D eigenvalue weighted by Gasteiger charge is 2.16. The van der Waals surface area contributed by atoms with Crippen LogP contribution in [0.5, 0.6) is 5.75 Å². The van der Waals surface area contributed by atoms with Crippen molar-refractivity contribution in [1.82, 2.24) is 0 Å². The molecule has 0 aliphatic rings. The van der Waals surface area contributed by atoms with Gasteiger partial charge in [-0.15, -0.1) is 0 Å². The number of benzene rings is 3. The normalized spacial score (nSPS) is 11.8. The Morgan fingerprint density at radius 3 is 2.00 bits per heavy atom. The molecule has 1 atom stereocenters. The van der Waals surface area contributed by atoms with Crippen molar-refractivity contribution in [1.29, 1.82) is 0 Å². The maximum Gasteiger partial charge on any atom is 0.202 e. The van der Waals surface area contributed by atoms with Crippen molar-refractivity contribution >= 4 is 5.78 Å². The summed E-state index contributed by atoms with van der Waals surface area (Å²) < 4.78 is 5.80. The quantitative estimate of drug-likeness (QED) is 0.596. The molecular weight excluding hydrogens is 296 g/mol. The van der Waals surface area contributed by atoms with Gasteiger partial charge in [-0.1, -0.05) is 72.3 Å². The monoisotopic (exact) mass is 316 g/mol. The molecule has 0 saturated heterocycles. The highest BCUT2D eigenvalue weighted by atomic mass is 16.5. The average Bonchev–Trinajstić information content (AvgIpc) is 2.63. The van der Waals surface area contributed by atoms with E-state index in [2.05, 4.69) is 12.1 Å². The van der Waals surface area contributed by atoms with Crippen molar-refractivity contribution < 1.29 is 9.53 Å². The molecule has 2 nitrogen and oxygen atoms in total. The smallest absolute Gasteiger partial charge is 0.202 e. The molecule has 3 rings (SSSR count). The van der Waals surface area contributed by atoms with Gasteiger partial charge in [0.1, 0.15) is 5.75 Å². The first-order valence-electron chi connectivity index (χ1n) is 8.06. The number of rotatable bonds is 5. The summed E-state index contributed by atoms with van der Waals surface area (Å²) in [4.78, 5) is 12.4. The Morgan fingerprint density at radius 1 is 0.792 bits per heavy atom. The van der Waals surface area contributed by atoms with Crippen LogP contribution >= 0.6 is 0 Å². The highest BCUT2D eigenvalue weighted by Crippen LogP contribution is 2.23. The Morgan fingerprint density at radius 2 is 1.38 bits per heavy atom. The maximum atomic E-state index is 12.4. The van der Waals surface area contributed by atoms with Crippen LogP contribution in [0, 0.1) is 6.92 Å². The lowest BCUT2D eigenvalue weighted by molar-refractivity contribution is 0.0818. The Bertz CT molecular complexity index is 803. The molecule has 3 aromatic rings. The second-order valence-electron chi connectivity index (χ2n) is 5.88. The lowest BCUT2D eigenvalue weighted by Crippen LogP contribution is -2.23. The summed E-state index contributed by atoms with van der Waals surface area (Å²) in [7, 11) is 0. The fraction of sp³-hybridized carbons (Fsp3) is 0.136. The lowest BCUT2D eigenvalue weighted by atomic mass is 10.0. The largest absolute Gasteiger partial charge is 0.483 e. The molecular formula is C22H20O2. The number of ether oxygens (including phenoxy) is 1. The van der Waals surface area contributed by atoms with E-state index in [0.717, 1.165) is 16.7 Å². The molecule has 0 amide bonds. The van der Waals surface area contributed by atoms with Gasteiger partial charge in [-0.2, -0.15) is 0 Å². The molecule has 0 aliphatic heterocycles. The van der Waals surface area contributed by atoms with Crippen LogP contribution in [0.2, 0.25) is 0 Å². The Hall–Kier alpha value is -2.87. The number of carbonyl (C=O) groups is 1. The minimum absolute atomic E-state index is 0.0119. The molecule has 0 saturated carbocycles. The van der Waals surface area contributed by atoms with Crippen LogP contribution < -0.4 is 4.74 Å². The topological polar surface area (TPSA) is 26.3 Å². The molecule has 0 bridgehead atoms. The molecule has 120 valence electrons. The second kappa shape index (κ2) is 7.14. The predicted octanol–water partition coefficient (Wildman–Crippen LogP) is 5.31. The van der Waals surface area contributed by atoms with Crippen molar-refractivity contribution in [2.24, 2.45) is 0 Å². The van der Waals surface area contributed by atoms with Gasteiger partial charge in [-0.25, -0.2) is 0 Å². The number of aryl methyl sites for hydroxylation is 1. The Labute approximate surface area is 142 Å². The first-order valence-corrected chi connectivity index (χ1v) is 8.06. The molecule has 0 N–H and O–H groups in total. The summed E-state index contributed by atoms with van der Waals surface area (Å²) in [6, 6.07) is 25.6. The van der Waals surface area contributed by atoms with Gasteiger partial charge in [0.25, 0.3) is 0 Å². The van der Waals surface area contributed by atoms with Gasteiger partial charge in [0.15, 0.2) is 6.10 Å². The third-order valence-corrected chi connectivity index (χ3v) is 3.98. The summed E-state index contributed by atoms with van der Waals surface area (Å²) in [5.74, 6) is 0.685. The van der Waals surface area contributed by atoms with Crippen molar-refractivity contribution in [2.45, 2.75) is 20.0 Å². The zero-order valence-electron chi connectivity index (χ0n) is 13.9. The summed E-state index contributed by atoms with van der Waals surface area (Å²) in [5, 5.41) is 0. The standard InChI is InChI=1S/C22H20O2/c1-16-8-10-20(11-9-16)22(23)17(2)24-21-14-12-19(13-15-21)18-6-4-3-5-7-18/h3-15,17H,1-2H3. The van der Waals surface area contributed by atoms with Crippen LogP contribution in [-0.4, -0.2) is 11.9 Å². The van der Waals surface area contributed by atoms with Crippen molar-refractivity contribution in [2.75, 3.05) is 0 Å². The number of hydrogen-bond acceptors (Lipinski definition) is 2. The third kappa shape index (κ3) is 3.72. The van der Waals surface area contributed by atoms with E-state index >= 15 is 0 Å². The van der Waals surface area contributed by atoms with Gasteiger partial charge in [-0.05, 0) is 37.1 Å². The maximum absolute atomic E-state index is 12.4. The molecule has 2 heteroatoms.